The first-order chi connectivity index (χ1) is 7.35. The molecule has 4 nitrogen and oxygen atoms in total. The summed E-state index contributed by atoms with van der Waals surface area (Å²) in [7, 11) is -3.55. The lowest BCUT2D eigenvalue weighted by molar-refractivity contribution is 0.0692. The molecule has 7 heteroatoms. The van der Waals surface area contributed by atoms with Gasteiger partial charge in [-0.25, -0.2) is 13.2 Å². The van der Waals surface area contributed by atoms with E-state index in [-0.39, 0.29) is 29.3 Å². The molecular weight excluding hydrogens is 287 g/mol. The number of hydrogen-bond acceptors (Lipinski definition) is 3. The fourth-order valence-corrected chi connectivity index (χ4v) is 3.96. The fourth-order valence-electron chi connectivity index (χ4n) is 1.89. The number of fused-ring (bicyclic) bond motifs is 1. The Bertz CT molecular complexity index is 580. The van der Waals surface area contributed by atoms with Gasteiger partial charge in [0.2, 0.25) is 0 Å². The molecule has 1 heterocycles. The second kappa shape index (κ2) is 4.48. The number of sulfone groups is 1. The topological polar surface area (TPSA) is 71.4 Å². The highest BCUT2D eigenvalue weighted by molar-refractivity contribution is 7.92. The van der Waals surface area contributed by atoms with Crippen molar-refractivity contribution in [2.24, 2.45) is 0 Å². The van der Waals surface area contributed by atoms with Crippen LogP contribution in [-0.2, 0) is 16.3 Å². The molecule has 17 heavy (non-hydrogen) atoms. The third-order valence-corrected chi connectivity index (χ3v) is 5.36. The quantitative estimate of drug-likeness (QED) is 0.862. The molecule has 0 amide bonds. The van der Waals surface area contributed by atoms with Crippen LogP contribution in [-0.4, -0.2) is 24.7 Å². The van der Waals surface area contributed by atoms with Crippen molar-refractivity contribution in [1.82, 2.24) is 0 Å². The average molecular weight is 297 g/mol. The normalized spacial score (nSPS) is 20.5. The molecule has 1 unspecified atom stereocenters. The summed E-state index contributed by atoms with van der Waals surface area (Å²) < 4.78 is 23.9. The number of carboxylic acids is 1. The number of hydrogen-bond donors (Lipinski definition) is 1. The lowest BCUT2D eigenvalue weighted by Crippen LogP contribution is -2.14. The summed E-state index contributed by atoms with van der Waals surface area (Å²) in [6, 6.07) is 2.66. The van der Waals surface area contributed by atoms with Gasteiger partial charge in [-0.1, -0.05) is 11.6 Å². The minimum Gasteiger partial charge on any atom is -0.478 e. The number of rotatable bonds is 1. The van der Waals surface area contributed by atoms with E-state index in [0.717, 1.165) is 0 Å². The highest BCUT2D eigenvalue weighted by atomic mass is 35.5. The van der Waals surface area contributed by atoms with Crippen molar-refractivity contribution in [2.75, 3.05) is 0 Å². The molecule has 1 aliphatic rings. The Balaban J connectivity index is 0.00000144. The summed E-state index contributed by atoms with van der Waals surface area (Å²) in [6.45, 7) is 1.55. The maximum Gasteiger partial charge on any atom is 0.337 e. The zero-order valence-electron chi connectivity index (χ0n) is 8.81. The molecule has 0 aromatic heterocycles. The molecule has 2 rings (SSSR count). The van der Waals surface area contributed by atoms with E-state index in [4.69, 9.17) is 16.7 Å². The zero-order chi connectivity index (χ0) is 12.1. The predicted molar refractivity (Wildman–Crippen MR) is 66.0 cm³/mol. The number of halogens is 2. The Morgan fingerprint density at radius 2 is 2.06 bits per heavy atom. The van der Waals surface area contributed by atoms with Gasteiger partial charge in [0.25, 0.3) is 0 Å². The van der Waals surface area contributed by atoms with E-state index in [9.17, 15) is 13.2 Å². The summed E-state index contributed by atoms with van der Waals surface area (Å²) in [6.07, 6.45) is 0.275. The van der Waals surface area contributed by atoms with Crippen molar-refractivity contribution in [3.63, 3.8) is 0 Å². The predicted octanol–water partition coefficient (Wildman–Crippen LogP) is 2.18. The SMILES string of the molecule is CC1Cc2c(Cl)ccc(C(=O)O)c2S1(=O)=O.Cl. The van der Waals surface area contributed by atoms with Gasteiger partial charge in [0, 0.05) is 5.02 Å². The Morgan fingerprint density at radius 3 is 2.59 bits per heavy atom. The lowest BCUT2D eigenvalue weighted by Gasteiger charge is -2.05. The van der Waals surface area contributed by atoms with Gasteiger partial charge in [0.05, 0.1) is 15.7 Å². The lowest BCUT2D eigenvalue weighted by atomic mass is 10.1. The van der Waals surface area contributed by atoms with Gasteiger partial charge in [-0.15, -0.1) is 12.4 Å². The molecule has 1 aliphatic heterocycles. The van der Waals surface area contributed by atoms with E-state index in [2.05, 4.69) is 0 Å². The highest BCUT2D eigenvalue weighted by Crippen LogP contribution is 2.37. The second-order valence-corrected chi connectivity index (χ2v) is 6.48. The monoisotopic (exact) mass is 296 g/mol. The van der Waals surface area contributed by atoms with Crippen LogP contribution in [0.5, 0.6) is 0 Å². The van der Waals surface area contributed by atoms with Gasteiger partial charge in [-0.05, 0) is 31.0 Å². The molecule has 0 saturated carbocycles. The molecule has 0 radical (unpaired) electrons. The molecule has 0 bridgehead atoms. The van der Waals surface area contributed by atoms with Crippen molar-refractivity contribution in [3.8, 4) is 0 Å². The molecule has 1 N–H and O–H groups in total. The van der Waals surface area contributed by atoms with Crippen LogP contribution >= 0.6 is 24.0 Å². The summed E-state index contributed by atoms with van der Waals surface area (Å²) in [5.41, 5.74) is 0.234. The molecule has 0 spiro atoms. The van der Waals surface area contributed by atoms with Crippen molar-refractivity contribution >= 4 is 39.8 Å². The van der Waals surface area contributed by atoms with E-state index in [0.29, 0.717) is 10.6 Å². The van der Waals surface area contributed by atoms with Crippen molar-refractivity contribution in [2.45, 2.75) is 23.5 Å². The maximum atomic E-state index is 11.9. The van der Waals surface area contributed by atoms with Gasteiger partial charge in [-0.3, -0.25) is 0 Å². The Hall–Kier alpha value is -0.780. The van der Waals surface area contributed by atoms with E-state index in [1.165, 1.54) is 12.1 Å². The largest absolute Gasteiger partial charge is 0.478 e. The van der Waals surface area contributed by atoms with Crippen molar-refractivity contribution in [3.05, 3.63) is 28.3 Å². The zero-order valence-corrected chi connectivity index (χ0v) is 11.2. The highest BCUT2D eigenvalue weighted by Gasteiger charge is 2.38. The van der Waals surface area contributed by atoms with Crippen LogP contribution in [0.1, 0.15) is 22.8 Å². The first-order valence-electron chi connectivity index (χ1n) is 4.64. The Morgan fingerprint density at radius 1 is 1.47 bits per heavy atom. The summed E-state index contributed by atoms with van der Waals surface area (Å²) >= 11 is 5.88. The number of carbonyl (C=O) groups is 1. The van der Waals surface area contributed by atoms with Gasteiger partial charge >= 0.3 is 5.97 Å². The number of benzene rings is 1. The molecule has 0 fully saturated rings. The van der Waals surface area contributed by atoms with Gasteiger partial charge in [0.15, 0.2) is 9.84 Å². The molecule has 0 saturated heterocycles. The minimum atomic E-state index is -3.55. The van der Waals surface area contributed by atoms with Crippen LogP contribution in [0.15, 0.2) is 17.0 Å². The van der Waals surface area contributed by atoms with E-state index in [1.54, 1.807) is 6.92 Å². The van der Waals surface area contributed by atoms with E-state index < -0.39 is 21.1 Å². The van der Waals surface area contributed by atoms with Gasteiger partial charge < -0.3 is 5.11 Å². The third kappa shape index (κ3) is 2.03. The summed E-state index contributed by atoms with van der Waals surface area (Å²) in [4.78, 5) is 10.8. The Labute approximate surface area is 110 Å². The number of carboxylic acid groups (broad SMARTS) is 1. The van der Waals surface area contributed by atoms with Gasteiger partial charge in [-0.2, -0.15) is 0 Å². The summed E-state index contributed by atoms with van der Waals surface area (Å²) in [5.74, 6) is -1.24. The van der Waals surface area contributed by atoms with Gasteiger partial charge in [0.1, 0.15) is 0 Å². The summed E-state index contributed by atoms with van der Waals surface area (Å²) in [5, 5.41) is 8.65. The third-order valence-electron chi connectivity index (χ3n) is 2.74. The first-order valence-corrected chi connectivity index (χ1v) is 6.56. The van der Waals surface area contributed by atoms with Crippen LogP contribution in [0.4, 0.5) is 0 Å². The van der Waals surface area contributed by atoms with Crippen LogP contribution in [0.3, 0.4) is 0 Å². The Kier molecular flexibility index (Phi) is 3.76. The molecule has 0 aliphatic carbocycles. The number of aromatic carboxylic acids is 1. The fraction of sp³-hybridized carbons (Fsp3) is 0.300. The molecule has 1 atom stereocenters. The van der Waals surface area contributed by atoms with E-state index >= 15 is 0 Å². The minimum absolute atomic E-state index is 0. The van der Waals surface area contributed by atoms with Crippen LogP contribution in [0.25, 0.3) is 0 Å². The van der Waals surface area contributed by atoms with Crippen LogP contribution in [0.2, 0.25) is 5.02 Å². The smallest absolute Gasteiger partial charge is 0.337 e. The first kappa shape index (κ1) is 14.3. The molecule has 1 aromatic rings. The maximum absolute atomic E-state index is 11.9. The van der Waals surface area contributed by atoms with Crippen LogP contribution < -0.4 is 0 Å². The van der Waals surface area contributed by atoms with Crippen LogP contribution in [0, 0.1) is 0 Å². The van der Waals surface area contributed by atoms with Crippen molar-refractivity contribution in [1.29, 1.82) is 0 Å². The molecule has 1 aromatic carbocycles. The standard InChI is InChI=1S/C10H9ClO4S.ClH/c1-5-4-7-8(11)3-2-6(10(12)13)9(7)16(5,14)15;/h2-3,5H,4H2,1H3,(H,12,13);1H. The molecule has 94 valence electrons. The average Bonchev–Trinajstić information content (AvgIpc) is 2.41. The molecular formula is C10H10Cl2O4S. The second-order valence-electron chi connectivity index (χ2n) is 3.77. The van der Waals surface area contributed by atoms with E-state index in [1.807, 2.05) is 0 Å². The van der Waals surface area contributed by atoms with Crippen molar-refractivity contribution < 1.29 is 18.3 Å².